The van der Waals surface area contributed by atoms with Gasteiger partial charge in [0.05, 0.1) is 50.8 Å². The Labute approximate surface area is 343 Å². The van der Waals surface area contributed by atoms with Crippen molar-refractivity contribution in [3.63, 3.8) is 0 Å². The minimum Gasteiger partial charge on any atom is -0.496 e. The van der Waals surface area contributed by atoms with E-state index in [1.165, 1.54) is 5.56 Å². The molecule has 9 rings (SSSR count). The molecule has 2 amide bonds. The highest BCUT2D eigenvalue weighted by atomic mass is 19.3. The van der Waals surface area contributed by atoms with Gasteiger partial charge in [0.25, 0.3) is 6.43 Å². The lowest BCUT2D eigenvalue weighted by atomic mass is 9.88. The lowest BCUT2D eigenvalue weighted by molar-refractivity contribution is -0.135. The molecule has 2 aromatic carbocycles. The standard InChI is InChI=1S/C44H54F2N8O5/c1-27-19-34-32-5-3-4-6-35(32)49-41(34)42(54(27)23-39(45)46)33-9-8-30(20-38(33)57-2)52-15-13-28(14-16-52)21-51-17-18-53-31(22-51)25-59-44-37(53)11-7-29(48-44)24-58-26-47-36-10-12-40(55)50-43(36)56/h3-9,11,20,27-28,31,36,39,42,47,49H,10,12-19,21-26H2,1-2H3,(H,50,55,56)/t27-,31-,36?,42-/m1/s1. The van der Waals surface area contributed by atoms with Crippen molar-refractivity contribution >= 4 is 34.1 Å². The summed E-state index contributed by atoms with van der Waals surface area (Å²) in [5.41, 5.74) is 6.99. The molecule has 1 unspecified atom stereocenters. The largest absolute Gasteiger partial charge is 0.496 e. The van der Waals surface area contributed by atoms with Crippen molar-refractivity contribution in [3.05, 3.63) is 77.1 Å². The number of nitrogens with one attached hydrogen (secondary N) is 3. The lowest BCUT2D eigenvalue weighted by Gasteiger charge is -2.46. The van der Waals surface area contributed by atoms with E-state index in [1.807, 2.05) is 30.0 Å². The maximum Gasteiger partial charge on any atom is 0.251 e. The van der Waals surface area contributed by atoms with E-state index in [9.17, 15) is 18.4 Å². The number of piperidine rings is 2. The molecule has 7 heterocycles. The van der Waals surface area contributed by atoms with Crippen LogP contribution in [0.5, 0.6) is 11.6 Å². The van der Waals surface area contributed by atoms with Gasteiger partial charge >= 0.3 is 0 Å². The number of aromatic amines is 1. The van der Waals surface area contributed by atoms with Gasteiger partial charge in [0.2, 0.25) is 17.7 Å². The van der Waals surface area contributed by atoms with Crippen molar-refractivity contribution in [2.24, 2.45) is 5.92 Å². The zero-order valence-corrected chi connectivity index (χ0v) is 33.8. The van der Waals surface area contributed by atoms with E-state index in [0.29, 0.717) is 37.7 Å². The van der Waals surface area contributed by atoms with E-state index in [0.717, 1.165) is 97.1 Å². The van der Waals surface area contributed by atoms with Crippen LogP contribution in [0.3, 0.4) is 0 Å². The van der Waals surface area contributed by atoms with E-state index in [4.69, 9.17) is 19.2 Å². The van der Waals surface area contributed by atoms with Gasteiger partial charge in [-0.25, -0.2) is 13.8 Å². The molecule has 5 aliphatic rings. The molecule has 3 fully saturated rings. The average Bonchev–Trinajstić information content (AvgIpc) is 3.61. The monoisotopic (exact) mass is 812 g/mol. The van der Waals surface area contributed by atoms with Crippen molar-refractivity contribution < 1.29 is 32.6 Å². The number of benzene rings is 2. The Morgan fingerprint density at radius 3 is 2.69 bits per heavy atom. The molecule has 314 valence electrons. The number of piperazine rings is 1. The summed E-state index contributed by atoms with van der Waals surface area (Å²) in [5.74, 6) is 1.40. The molecule has 0 spiro atoms. The van der Waals surface area contributed by atoms with Crippen molar-refractivity contribution in [1.29, 1.82) is 0 Å². The van der Waals surface area contributed by atoms with Crippen LogP contribution in [0.2, 0.25) is 0 Å². The number of ether oxygens (including phenoxy) is 3. The van der Waals surface area contributed by atoms with E-state index in [1.54, 1.807) is 7.11 Å². The number of alkyl halides is 2. The minimum absolute atomic E-state index is 0.0604. The van der Waals surface area contributed by atoms with Crippen molar-refractivity contribution in [3.8, 4) is 11.6 Å². The minimum atomic E-state index is -2.45. The third-order valence-electron chi connectivity index (χ3n) is 13.0. The van der Waals surface area contributed by atoms with E-state index in [-0.39, 0.29) is 49.8 Å². The molecule has 0 radical (unpaired) electrons. The number of para-hydroxylation sites is 1. The van der Waals surface area contributed by atoms with Gasteiger partial charge in [0.1, 0.15) is 18.0 Å². The number of methoxy groups -OCH3 is 1. The van der Waals surface area contributed by atoms with Gasteiger partial charge in [-0.2, -0.15) is 0 Å². The van der Waals surface area contributed by atoms with Gasteiger partial charge in [-0.05, 0) is 68.4 Å². The first-order valence-corrected chi connectivity index (χ1v) is 21.0. The number of imide groups is 1. The molecule has 5 aliphatic heterocycles. The van der Waals surface area contributed by atoms with Crippen molar-refractivity contribution in [1.82, 2.24) is 30.4 Å². The zero-order chi connectivity index (χ0) is 40.6. The molecule has 3 saturated heterocycles. The number of carbonyl (C=O) groups excluding carboxylic acids is 2. The fourth-order valence-corrected chi connectivity index (χ4v) is 9.95. The summed E-state index contributed by atoms with van der Waals surface area (Å²) >= 11 is 0. The molecule has 59 heavy (non-hydrogen) atoms. The van der Waals surface area contributed by atoms with Crippen molar-refractivity contribution in [2.45, 2.75) is 76.2 Å². The molecular formula is C44H54F2N8O5. The lowest BCUT2D eigenvalue weighted by Crippen LogP contribution is -2.58. The number of amides is 2. The fourth-order valence-electron chi connectivity index (χ4n) is 9.95. The Morgan fingerprint density at radius 2 is 1.88 bits per heavy atom. The number of hydrogen-bond acceptors (Lipinski definition) is 11. The number of carbonyl (C=O) groups is 2. The van der Waals surface area contributed by atoms with Gasteiger partial charge in [-0.3, -0.25) is 30.0 Å². The first-order valence-electron chi connectivity index (χ1n) is 21.0. The predicted molar refractivity (Wildman–Crippen MR) is 220 cm³/mol. The fraction of sp³-hybridized carbons (Fsp3) is 0.523. The van der Waals surface area contributed by atoms with Crippen LogP contribution >= 0.6 is 0 Å². The highest BCUT2D eigenvalue weighted by Gasteiger charge is 2.39. The van der Waals surface area contributed by atoms with Crippen LogP contribution in [0.25, 0.3) is 10.9 Å². The van der Waals surface area contributed by atoms with Gasteiger partial charge in [0, 0.05) is 85.6 Å². The predicted octanol–water partition coefficient (Wildman–Crippen LogP) is 4.84. The second-order valence-corrected chi connectivity index (χ2v) is 16.7. The molecule has 4 atom stereocenters. The summed E-state index contributed by atoms with van der Waals surface area (Å²) in [7, 11) is 1.68. The number of H-pyrrole nitrogens is 1. The third-order valence-corrected chi connectivity index (χ3v) is 13.0. The number of aromatic nitrogens is 2. The molecule has 2 aromatic heterocycles. The SMILES string of the molecule is COc1cc(N2CCC(CN3CCN4c5ccc(COCNC6CCC(=O)NC6=O)nc5OC[C@H]4C3)CC2)ccc1[C@@H]1c2[nH]c3ccccc3c2C[C@@H](C)N1CC(F)F. The van der Waals surface area contributed by atoms with Crippen LogP contribution in [-0.4, -0.2) is 122 Å². The second-order valence-electron chi connectivity index (χ2n) is 16.7. The Morgan fingerprint density at radius 1 is 1.03 bits per heavy atom. The number of fused-ring (bicyclic) bond motifs is 6. The third kappa shape index (κ3) is 8.22. The average molecular weight is 813 g/mol. The molecule has 0 bridgehead atoms. The van der Waals surface area contributed by atoms with Gasteiger partial charge in [0.15, 0.2) is 0 Å². The Kier molecular flexibility index (Phi) is 11.4. The second kappa shape index (κ2) is 17.0. The maximum absolute atomic E-state index is 14.0. The number of anilines is 2. The summed E-state index contributed by atoms with van der Waals surface area (Å²) in [5, 5.41) is 6.55. The number of hydrogen-bond donors (Lipinski definition) is 3. The normalized spacial score (nSPS) is 24.2. The summed E-state index contributed by atoms with van der Waals surface area (Å²) in [6.45, 7) is 8.56. The molecular weight excluding hydrogens is 759 g/mol. The quantitative estimate of drug-likeness (QED) is 0.103. The maximum atomic E-state index is 14.0. The van der Waals surface area contributed by atoms with Crippen LogP contribution in [-0.2, 0) is 27.4 Å². The number of halogens is 2. The van der Waals surface area contributed by atoms with Crippen LogP contribution in [0.4, 0.5) is 20.2 Å². The number of rotatable bonds is 12. The van der Waals surface area contributed by atoms with E-state index >= 15 is 0 Å². The van der Waals surface area contributed by atoms with Crippen molar-refractivity contribution in [2.75, 3.05) is 76.1 Å². The summed E-state index contributed by atoms with van der Waals surface area (Å²) in [4.78, 5) is 41.1. The van der Waals surface area contributed by atoms with Gasteiger partial charge < -0.3 is 29.0 Å². The molecule has 13 nitrogen and oxygen atoms in total. The molecule has 0 aliphatic carbocycles. The van der Waals surface area contributed by atoms with Crippen LogP contribution in [0.1, 0.15) is 61.2 Å². The van der Waals surface area contributed by atoms with Crippen LogP contribution in [0.15, 0.2) is 54.6 Å². The molecule has 0 saturated carbocycles. The Balaban J connectivity index is 0.786. The topological polar surface area (TPSA) is 128 Å². The number of nitrogens with zero attached hydrogens (tertiary/aromatic N) is 5. The highest BCUT2D eigenvalue weighted by Crippen LogP contribution is 2.45. The van der Waals surface area contributed by atoms with E-state index in [2.05, 4.69) is 66.7 Å². The molecule has 15 heteroatoms. The van der Waals surface area contributed by atoms with E-state index < -0.39 is 12.5 Å². The Bertz CT molecular complexity index is 2160. The summed E-state index contributed by atoms with van der Waals surface area (Å²) in [6.07, 6.45) is 1.23. The van der Waals surface area contributed by atoms with Crippen LogP contribution in [0, 0.1) is 5.92 Å². The first-order chi connectivity index (χ1) is 28.7. The zero-order valence-electron chi connectivity index (χ0n) is 33.8. The van der Waals surface area contributed by atoms with Gasteiger partial charge in [-0.1, -0.05) is 24.3 Å². The summed E-state index contributed by atoms with van der Waals surface area (Å²) in [6, 6.07) is 18.0. The van der Waals surface area contributed by atoms with Crippen LogP contribution < -0.4 is 29.9 Å². The number of pyridine rings is 1. The molecule has 3 N–H and O–H groups in total. The smallest absolute Gasteiger partial charge is 0.251 e. The highest BCUT2D eigenvalue weighted by molar-refractivity contribution is 6.00. The molecule has 4 aromatic rings. The Hall–Kier alpha value is -4.83. The first kappa shape index (κ1) is 39.6. The summed E-state index contributed by atoms with van der Waals surface area (Å²) < 4.78 is 46.1. The van der Waals surface area contributed by atoms with Gasteiger partial charge in [-0.15, -0.1) is 0 Å².